The van der Waals surface area contributed by atoms with Crippen LogP contribution in [0.2, 0.25) is 0 Å². The van der Waals surface area contributed by atoms with E-state index >= 15 is 0 Å². The Morgan fingerprint density at radius 2 is 1.74 bits per heavy atom. The molecule has 0 saturated carbocycles. The molecular weight excluding hydrogens is 326 g/mol. The Labute approximate surface area is 125 Å². The highest BCUT2D eigenvalue weighted by Crippen LogP contribution is 2.24. The van der Waals surface area contributed by atoms with E-state index in [1.165, 1.54) is 9.87 Å². The van der Waals surface area contributed by atoms with Gasteiger partial charge in [0.1, 0.15) is 0 Å². The summed E-state index contributed by atoms with van der Waals surface area (Å²) in [5, 5.41) is 0.587. The van der Waals surface area contributed by atoms with Crippen LogP contribution in [0.5, 0.6) is 0 Å². The topological polar surface area (TPSA) is 37.4 Å². The molecule has 0 aliphatic rings. The van der Waals surface area contributed by atoms with Gasteiger partial charge in [0.2, 0.25) is 10.0 Å². The first-order valence-electron chi connectivity index (χ1n) is 6.39. The number of rotatable bonds is 6. The first-order chi connectivity index (χ1) is 8.75. The van der Waals surface area contributed by atoms with Gasteiger partial charge in [0.15, 0.2) is 0 Å². The number of sulfonamides is 1. The predicted molar refractivity (Wildman–Crippen MR) is 83.3 cm³/mol. The van der Waals surface area contributed by atoms with E-state index in [1.54, 1.807) is 19.2 Å². The Bertz CT molecular complexity index is 509. The van der Waals surface area contributed by atoms with Crippen LogP contribution in [-0.2, 0) is 16.4 Å². The average molecular weight is 348 g/mol. The molecule has 0 bridgehead atoms. The fourth-order valence-electron chi connectivity index (χ4n) is 1.68. The van der Waals surface area contributed by atoms with Crippen molar-refractivity contribution >= 4 is 26.0 Å². The second-order valence-electron chi connectivity index (χ2n) is 5.31. The third kappa shape index (κ3) is 3.80. The summed E-state index contributed by atoms with van der Waals surface area (Å²) in [6.07, 6.45) is 2.03. The molecular formula is C14H22BrNO2S. The van der Waals surface area contributed by atoms with Crippen LogP contribution in [0.4, 0.5) is 0 Å². The fraction of sp³-hybridized carbons (Fsp3) is 0.571. The lowest BCUT2D eigenvalue weighted by atomic mass is 10.1. The average Bonchev–Trinajstić information content (AvgIpc) is 2.39. The van der Waals surface area contributed by atoms with Gasteiger partial charge in [-0.1, -0.05) is 41.4 Å². The normalized spacial score (nSPS) is 12.9. The summed E-state index contributed by atoms with van der Waals surface area (Å²) in [5.74, 6) is 0. The molecule has 0 unspecified atom stereocenters. The van der Waals surface area contributed by atoms with Crippen molar-refractivity contribution in [3.63, 3.8) is 0 Å². The van der Waals surface area contributed by atoms with Crippen molar-refractivity contribution in [1.82, 2.24) is 4.31 Å². The maximum Gasteiger partial charge on any atom is 0.243 e. The molecule has 0 aromatic heterocycles. The number of alkyl halides is 1. The molecule has 19 heavy (non-hydrogen) atoms. The van der Waals surface area contributed by atoms with Crippen molar-refractivity contribution in [3.05, 3.63) is 29.8 Å². The number of hydrogen-bond acceptors (Lipinski definition) is 2. The van der Waals surface area contributed by atoms with E-state index in [1.807, 2.05) is 26.0 Å². The molecule has 1 rings (SSSR count). The Hall–Kier alpha value is -0.390. The van der Waals surface area contributed by atoms with Crippen LogP contribution < -0.4 is 0 Å². The molecule has 3 nitrogen and oxygen atoms in total. The zero-order valence-electron chi connectivity index (χ0n) is 12.0. The number of aryl methyl sites for hydroxylation is 1. The van der Waals surface area contributed by atoms with Gasteiger partial charge in [-0.05, 0) is 38.0 Å². The van der Waals surface area contributed by atoms with Gasteiger partial charge >= 0.3 is 0 Å². The zero-order chi connectivity index (χ0) is 14.7. The Balaban J connectivity index is 3.07. The maximum atomic E-state index is 12.5. The third-order valence-electron chi connectivity index (χ3n) is 3.30. The number of halogens is 1. The minimum absolute atomic E-state index is 0.351. The summed E-state index contributed by atoms with van der Waals surface area (Å²) in [6, 6.07) is 7.18. The monoisotopic (exact) mass is 347 g/mol. The van der Waals surface area contributed by atoms with Gasteiger partial charge < -0.3 is 0 Å². The molecule has 0 fully saturated rings. The van der Waals surface area contributed by atoms with Crippen LogP contribution in [0.3, 0.4) is 0 Å². The minimum Gasteiger partial charge on any atom is -0.207 e. The molecule has 0 heterocycles. The molecule has 0 atom stereocenters. The number of hydrogen-bond donors (Lipinski definition) is 0. The Morgan fingerprint density at radius 1 is 1.21 bits per heavy atom. The maximum absolute atomic E-state index is 12.5. The molecule has 0 N–H and O–H groups in total. The van der Waals surface area contributed by atoms with Crippen molar-refractivity contribution in [2.24, 2.45) is 0 Å². The largest absolute Gasteiger partial charge is 0.243 e. The van der Waals surface area contributed by atoms with Crippen molar-refractivity contribution < 1.29 is 8.42 Å². The van der Waals surface area contributed by atoms with E-state index in [0.717, 1.165) is 12.8 Å². The molecule has 0 amide bonds. The molecule has 0 radical (unpaired) electrons. The minimum atomic E-state index is -3.44. The lowest BCUT2D eigenvalue weighted by Gasteiger charge is -2.33. The van der Waals surface area contributed by atoms with E-state index in [-0.39, 0.29) is 0 Å². The molecule has 5 heteroatoms. The third-order valence-corrected chi connectivity index (χ3v) is 6.76. The van der Waals surface area contributed by atoms with Crippen molar-refractivity contribution in [1.29, 1.82) is 0 Å². The lowest BCUT2D eigenvalue weighted by molar-refractivity contribution is 0.299. The zero-order valence-corrected chi connectivity index (χ0v) is 14.4. The van der Waals surface area contributed by atoms with Crippen LogP contribution in [0, 0.1) is 0 Å². The number of nitrogens with zero attached hydrogens (tertiary/aromatic N) is 1. The summed E-state index contributed by atoms with van der Waals surface area (Å²) in [4.78, 5) is 0.351. The summed E-state index contributed by atoms with van der Waals surface area (Å²) in [5.41, 5.74) is 0.713. The van der Waals surface area contributed by atoms with E-state index in [9.17, 15) is 8.42 Å². The van der Waals surface area contributed by atoms with Gasteiger partial charge in [0.05, 0.1) is 4.90 Å². The molecule has 108 valence electrons. The van der Waals surface area contributed by atoms with Gasteiger partial charge in [-0.25, -0.2) is 8.42 Å². The van der Waals surface area contributed by atoms with Crippen molar-refractivity contribution in [2.45, 2.75) is 44.0 Å². The highest BCUT2D eigenvalue weighted by molar-refractivity contribution is 9.09. The SMILES string of the molecule is CCCc1ccc(S(=O)(=O)N(C)C(C)(C)CBr)cc1. The quantitative estimate of drug-likeness (QED) is 0.739. The van der Waals surface area contributed by atoms with Crippen molar-refractivity contribution in [3.8, 4) is 0 Å². The van der Waals surface area contributed by atoms with Crippen LogP contribution in [0.1, 0.15) is 32.8 Å². The molecule has 0 aliphatic carbocycles. The second-order valence-corrected chi connectivity index (χ2v) is 7.84. The summed E-state index contributed by atoms with van der Waals surface area (Å²) < 4.78 is 26.4. The molecule has 0 spiro atoms. The highest BCUT2D eigenvalue weighted by atomic mass is 79.9. The van der Waals surface area contributed by atoms with Gasteiger partial charge in [-0.15, -0.1) is 0 Å². The summed E-state index contributed by atoms with van der Waals surface area (Å²) in [7, 11) is -1.82. The predicted octanol–water partition coefficient (Wildman–Crippen LogP) is 3.43. The molecule has 1 aromatic rings. The first-order valence-corrected chi connectivity index (χ1v) is 8.96. The van der Waals surface area contributed by atoms with Gasteiger partial charge in [0, 0.05) is 17.9 Å². The van der Waals surface area contributed by atoms with Gasteiger partial charge in [-0.3, -0.25) is 0 Å². The van der Waals surface area contributed by atoms with E-state index in [0.29, 0.717) is 10.2 Å². The van der Waals surface area contributed by atoms with Crippen LogP contribution >= 0.6 is 15.9 Å². The molecule has 0 aliphatic heterocycles. The Kier molecular flexibility index (Phi) is 5.59. The fourth-order valence-corrected chi connectivity index (χ4v) is 3.74. The number of benzene rings is 1. The standard InChI is InChI=1S/C14H22BrNO2S/c1-5-6-12-7-9-13(10-8-12)19(17,18)16(4)14(2,3)11-15/h7-10H,5-6,11H2,1-4H3. The van der Waals surface area contributed by atoms with Crippen LogP contribution in [0.25, 0.3) is 0 Å². The summed E-state index contributed by atoms with van der Waals surface area (Å²) >= 11 is 3.36. The van der Waals surface area contributed by atoms with Crippen LogP contribution in [0.15, 0.2) is 29.2 Å². The van der Waals surface area contributed by atoms with Crippen molar-refractivity contribution in [2.75, 3.05) is 12.4 Å². The Morgan fingerprint density at radius 3 is 2.16 bits per heavy atom. The van der Waals surface area contributed by atoms with E-state index in [2.05, 4.69) is 22.9 Å². The van der Waals surface area contributed by atoms with E-state index in [4.69, 9.17) is 0 Å². The second kappa shape index (κ2) is 6.37. The van der Waals surface area contributed by atoms with Gasteiger partial charge in [0.25, 0.3) is 0 Å². The van der Waals surface area contributed by atoms with E-state index < -0.39 is 15.6 Å². The molecule has 0 saturated heterocycles. The van der Waals surface area contributed by atoms with Gasteiger partial charge in [-0.2, -0.15) is 4.31 Å². The smallest absolute Gasteiger partial charge is 0.207 e. The lowest BCUT2D eigenvalue weighted by Crippen LogP contribution is -2.46. The molecule has 1 aromatic carbocycles. The summed E-state index contributed by atoms with van der Waals surface area (Å²) in [6.45, 7) is 5.90. The first kappa shape index (κ1) is 16.7. The van der Waals surface area contributed by atoms with Crippen LogP contribution in [-0.4, -0.2) is 30.6 Å². The highest BCUT2D eigenvalue weighted by Gasteiger charge is 2.33.